The van der Waals surface area contributed by atoms with E-state index in [4.69, 9.17) is 0 Å². The Morgan fingerprint density at radius 1 is 1.21 bits per heavy atom. The minimum Gasteiger partial charge on any atom is -0.380 e. The highest BCUT2D eigenvalue weighted by Gasteiger charge is 2.21. The van der Waals surface area contributed by atoms with Crippen LogP contribution in [-0.4, -0.2) is 14.7 Å². The quantitative estimate of drug-likeness (QED) is 0.867. The Kier molecular flexibility index (Phi) is 3.90. The Morgan fingerprint density at radius 2 is 1.89 bits per heavy atom. The van der Waals surface area contributed by atoms with E-state index < -0.39 is 23.6 Å². The molecular weight excluding hydrogens is 257 g/mol. The SMILES string of the molecule is CCCn1ccnc1C(O)c1cc(F)c(F)cc1F. The zero-order valence-corrected chi connectivity index (χ0v) is 10.3. The van der Waals surface area contributed by atoms with Gasteiger partial charge in [-0.15, -0.1) is 0 Å². The Labute approximate surface area is 108 Å². The number of nitrogens with zero attached hydrogens (tertiary/aromatic N) is 2. The molecule has 0 amide bonds. The highest BCUT2D eigenvalue weighted by molar-refractivity contribution is 5.26. The van der Waals surface area contributed by atoms with Crippen molar-refractivity contribution in [1.82, 2.24) is 9.55 Å². The maximum atomic E-state index is 13.6. The van der Waals surface area contributed by atoms with Gasteiger partial charge in [0.1, 0.15) is 17.7 Å². The third-order valence-corrected chi connectivity index (χ3v) is 2.79. The van der Waals surface area contributed by atoms with Gasteiger partial charge in [0.15, 0.2) is 11.6 Å². The summed E-state index contributed by atoms with van der Waals surface area (Å²) in [4.78, 5) is 3.93. The van der Waals surface area contributed by atoms with Crippen molar-refractivity contribution in [3.8, 4) is 0 Å². The summed E-state index contributed by atoms with van der Waals surface area (Å²) < 4.78 is 41.2. The molecule has 0 bridgehead atoms. The number of hydrogen-bond donors (Lipinski definition) is 1. The standard InChI is InChI=1S/C13H13F3N2O/c1-2-4-18-5-3-17-13(18)12(19)8-6-10(15)11(16)7-9(8)14/h3,5-7,12,19H,2,4H2,1H3. The summed E-state index contributed by atoms with van der Waals surface area (Å²) in [5, 5.41) is 10.1. The number of hydrogen-bond acceptors (Lipinski definition) is 2. The first-order valence-electron chi connectivity index (χ1n) is 5.88. The lowest BCUT2D eigenvalue weighted by molar-refractivity contribution is 0.198. The molecule has 102 valence electrons. The molecule has 3 nitrogen and oxygen atoms in total. The summed E-state index contributed by atoms with van der Waals surface area (Å²) in [6.07, 6.45) is 2.47. The van der Waals surface area contributed by atoms with Crippen LogP contribution < -0.4 is 0 Å². The molecule has 1 atom stereocenters. The second-order valence-electron chi connectivity index (χ2n) is 4.17. The molecule has 1 unspecified atom stereocenters. The summed E-state index contributed by atoms with van der Waals surface area (Å²) in [6, 6.07) is 1.07. The Hall–Kier alpha value is -1.82. The van der Waals surface area contributed by atoms with E-state index in [0.717, 1.165) is 6.42 Å². The van der Waals surface area contributed by atoms with E-state index in [9.17, 15) is 18.3 Å². The maximum absolute atomic E-state index is 13.6. The largest absolute Gasteiger partial charge is 0.380 e. The minimum absolute atomic E-state index is 0.201. The Morgan fingerprint density at radius 3 is 2.58 bits per heavy atom. The van der Waals surface area contributed by atoms with Crippen molar-refractivity contribution in [1.29, 1.82) is 0 Å². The van der Waals surface area contributed by atoms with E-state index in [1.807, 2.05) is 6.92 Å². The fourth-order valence-electron chi connectivity index (χ4n) is 1.88. The number of aromatic nitrogens is 2. The fraction of sp³-hybridized carbons (Fsp3) is 0.308. The number of halogens is 3. The first kappa shape index (κ1) is 13.6. The van der Waals surface area contributed by atoms with Crippen molar-refractivity contribution < 1.29 is 18.3 Å². The molecule has 0 aliphatic heterocycles. The van der Waals surface area contributed by atoms with Crippen molar-refractivity contribution in [2.24, 2.45) is 0 Å². The molecule has 1 N–H and O–H groups in total. The van der Waals surface area contributed by atoms with Crippen molar-refractivity contribution in [2.75, 3.05) is 0 Å². The topological polar surface area (TPSA) is 38.0 Å². The third kappa shape index (κ3) is 2.63. The first-order valence-corrected chi connectivity index (χ1v) is 5.88. The normalized spacial score (nSPS) is 12.7. The van der Waals surface area contributed by atoms with Crippen LogP contribution in [0.15, 0.2) is 24.5 Å². The van der Waals surface area contributed by atoms with Crippen molar-refractivity contribution in [3.05, 3.63) is 53.4 Å². The summed E-state index contributed by atoms with van der Waals surface area (Å²) >= 11 is 0. The number of aliphatic hydroxyl groups excluding tert-OH is 1. The van der Waals surface area contributed by atoms with E-state index in [1.165, 1.54) is 6.20 Å². The summed E-state index contributed by atoms with van der Waals surface area (Å²) in [6.45, 7) is 2.53. The van der Waals surface area contributed by atoms with Crippen LogP contribution in [0.5, 0.6) is 0 Å². The predicted molar refractivity (Wildman–Crippen MR) is 62.9 cm³/mol. The lowest BCUT2D eigenvalue weighted by Crippen LogP contribution is -2.12. The molecule has 6 heteroatoms. The van der Waals surface area contributed by atoms with E-state index in [-0.39, 0.29) is 11.4 Å². The number of aliphatic hydroxyl groups is 1. The molecule has 0 fully saturated rings. The van der Waals surface area contributed by atoms with Gasteiger partial charge in [0.05, 0.1) is 0 Å². The van der Waals surface area contributed by atoms with Crippen LogP contribution in [-0.2, 0) is 6.54 Å². The van der Waals surface area contributed by atoms with Gasteiger partial charge in [-0.25, -0.2) is 18.2 Å². The van der Waals surface area contributed by atoms with Crippen molar-refractivity contribution in [2.45, 2.75) is 26.0 Å². The van der Waals surface area contributed by atoms with Crippen LogP contribution in [0.2, 0.25) is 0 Å². The molecule has 0 radical (unpaired) electrons. The molecule has 2 rings (SSSR count). The molecule has 0 saturated carbocycles. The highest BCUT2D eigenvalue weighted by Crippen LogP contribution is 2.25. The first-order chi connectivity index (χ1) is 9.04. The van der Waals surface area contributed by atoms with Crippen molar-refractivity contribution >= 4 is 0 Å². The van der Waals surface area contributed by atoms with Gasteiger partial charge in [-0.05, 0) is 12.5 Å². The highest BCUT2D eigenvalue weighted by atomic mass is 19.2. The Balaban J connectivity index is 2.41. The van der Waals surface area contributed by atoms with Gasteiger partial charge in [0.2, 0.25) is 0 Å². The van der Waals surface area contributed by atoms with Crippen LogP contribution in [0.3, 0.4) is 0 Å². The van der Waals surface area contributed by atoms with Gasteiger partial charge in [0.25, 0.3) is 0 Å². The molecule has 2 aromatic rings. The average molecular weight is 270 g/mol. The van der Waals surface area contributed by atoms with Gasteiger partial charge < -0.3 is 9.67 Å². The van der Waals surface area contributed by atoms with Gasteiger partial charge >= 0.3 is 0 Å². The third-order valence-electron chi connectivity index (χ3n) is 2.79. The summed E-state index contributed by atoms with van der Waals surface area (Å²) in [7, 11) is 0. The summed E-state index contributed by atoms with van der Waals surface area (Å²) in [5.74, 6) is -3.29. The van der Waals surface area contributed by atoms with E-state index in [2.05, 4.69) is 4.98 Å². The monoisotopic (exact) mass is 270 g/mol. The van der Waals surface area contributed by atoms with Crippen molar-refractivity contribution in [3.63, 3.8) is 0 Å². The number of rotatable bonds is 4. The zero-order valence-electron chi connectivity index (χ0n) is 10.3. The maximum Gasteiger partial charge on any atom is 0.161 e. The van der Waals surface area contributed by atoms with Crippen LogP contribution in [0, 0.1) is 17.5 Å². The minimum atomic E-state index is -1.43. The second kappa shape index (κ2) is 5.44. The van der Waals surface area contributed by atoms with E-state index in [1.54, 1.807) is 10.8 Å². The van der Waals surface area contributed by atoms with Gasteiger partial charge in [0, 0.05) is 30.6 Å². The molecule has 1 heterocycles. The molecular formula is C13H13F3N2O. The molecule has 19 heavy (non-hydrogen) atoms. The van der Waals surface area contributed by atoms with E-state index in [0.29, 0.717) is 18.7 Å². The number of aryl methyl sites for hydroxylation is 1. The molecule has 1 aromatic carbocycles. The lowest BCUT2D eigenvalue weighted by atomic mass is 10.1. The summed E-state index contributed by atoms with van der Waals surface area (Å²) in [5.41, 5.74) is -0.331. The van der Waals surface area contributed by atoms with E-state index >= 15 is 0 Å². The van der Waals surface area contributed by atoms with Gasteiger partial charge in [-0.3, -0.25) is 0 Å². The van der Waals surface area contributed by atoms with Crippen LogP contribution in [0.1, 0.15) is 30.8 Å². The van der Waals surface area contributed by atoms with Crippen LogP contribution >= 0.6 is 0 Å². The molecule has 1 aromatic heterocycles. The predicted octanol–water partition coefficient (Wildman–Crippen LogP) is 2.79. The molecule has 0 saturated heterocycles. The molecule has 0 aliphatic rings. The zero-order chi connectivity index (χ0) is 14.0. The van der Waals surface area contributed by atoms with Crippen LogP contribution in [0.4, 0.5) is 13.2 Å². The lowest BCUT2D eigenvalue weighted by Gasteiger charge is -2.14. The fourth-order valence-corrected chi connectivity index (χ4v) is 1.88. The van der Waals surface area contributed by atoms with Gasteiger partial charge in [-0.2, -0.15) is 0 Å². The van der Waals surface area contributed by atoms with Gasteiger partial charge in [-0.1, -0.05) is 6.92 Å². The molecule has 0 aliphatic carbocycles. The second-order valence-corrected chi connectivity index (χ2v) is 4.17. The van der Waals surface area contributed by atoms with Crippen LogP contribution in [0.25, 0.3) is 0 Å². The number of imidazole rings is 1. The average Bonchev–Trinajstić information content (AvgIpc) is 2.82. The number of benzene rings is 1. The smallest absolute Gasteiger partial charge is 0.161 e. The Bertz CT molecular complexity index is 583. The molecule has 0 spiro atoms.